The molecule has 2 amide bonds. The molecule has 0 aromatic rings. The molecular weight excluding hydrogens is 302 g/mol. The van der Waals surface area contributed by atoms with E-state index in [1.165, 1.54) is 18.2 Å². The molecule has 3 aliphatic heterocycles. The predicted molar refractivity (Wildman–Crippen MR) is 86.0 cm³/mol. The monoisotopic (exact) mass is 327 g/mol. The topological polar surface area (TPSA) is 53.1 Å². The molecule has 0 aromatic carbocycles. The van der Waals surface area contributed by atoms with Crippen molar-refractivity contribution in [2.75, 3.05) is 58.2 Å². The van der Waals surface area contributed by atoms with Crippen LogP contribution in [-0.4, -0.2) is 90.1 Å². The van der Waals surface area contributed by atoms with E-state index >= 15 is 0 Å². The maximum Gasteiger partial charge on any atom is 0.282 e. The maximum atomic E-state index is 12.4. The molecule has 3 fully saturated rings. The van der Waals surface area contributed by atoms with Crippen molar-refractivity contribution in [3.63, 3.8) is 0 Å². The Kier molecular flexibility index (Phi) is 5.60. The molecule has 3 rings (SSSR count). The van der Waals surface area contributed by atoms with Gasteiger partial charge in [-0.1, -0.05) is 11.8 Å². The highest BCUT2D eigenvalue weighted by Crippen LogP contribution is 2.18. The first-order valence-corrected chi connectivity index (χ1v) is 9.24. The first kappa shape index (κ1) is 16.1. The Morgan fingerprint density at radius 1 is 1.18 bits per heavy atom. The summed E-state index contributed by atoms with van der Waals surface area (Å²) in [6.45, 7) is 6.34. The smallest absolute Gasteiger partial charge is 0.282 e. The summed E-state index contributed by atoms with van der Waals surface area (Å²) in [6.07, 6.45) is 3.71. The third kappa shape index (κ3) is 4.14. The molecule has 0 radical (unpaired) electrons. The molecule has 0 aromatic heterocycles. The van der Waals surface area contributed by atoms with Gasteiger partial charge >= 0.3 is 0 Å². The molecule has 7 heteroatoms. The normalized spacial score (nSPS) is 27.5. The summed E-state index contributed by atoms with van der Waals surface area (Å²) in [5.41, 5.74) is 0. The fourth-order valence-electron chi connectivity index (χ4n) is 3.31. The zero-order chi connectivity index (χ0) is 15.4. The summed E-state index contributed by atoms with van der Waals surface area (Å²) >= 11 is 1.31. The Morgan fingerprint density at radius 2 is 2.09 bits per heavy atom. The van der Waals surface area contributed by atoms with E-state index in [-0.39, 0.29) is 17.7 Å². The van der Waals surface area contributed by atoms with E-state index in [2.05, 4.69) is 4.90 Å². The van der Waals surface area contributed by atoms with Crippen LogP contribution in [0.3, 0.4) is 0 Å². The van der Waals surface area contributed by atoms with Crippen LogP contribution in [0.25, 0.3) is 0 Å². The second-order valence-electron chi connectivity index (χ2n) is 6.21. The van der Waals surface area contributed by atoms with Crippen LogP contribution < -0.4 is 0 Å². The maximum absolute atomic E-state index is 12.4. The quantitative estimate of drug-likeness (QED) is 0.767. The van der Waals surface area contributed by atoms with Crippen molar-refractivity contribution in [2.24, 2.45) is 0 Å². The summed E-state index contributed by atoms with van der Waals surface area (Å²) in [5, 5.41) is 0.0446. The van der Waals surface area contributed by atoms with E-state index in [0.29, 0.717) is 12.6 Å². The van der Waals surface area contributed by atoms with E-state index in [1.807, 2.05) is 4.90 Å². The lowest BCUT2D eigenvalue weighted by molar-refractivity contribution is -0.131. The standard InChI is InChI=1S/C15H25N3O3S/c19-14(12-18-8-10-22-15(18)20)17-5-2-4-16(6-7-17)11-13-3-1-9-21-13/h13H,1-12H2/t13-/m0/s1. The second-order valence-corrected chi connectivity index (χ2v) is 7.25. The fourth-order valence-corrected chi connectivity index (χ4v) is 4.14. The van der Waals surface area contributed by atoms with Gasteiger partial charge in [0, 0.05) is 45.1 Å². The third-order valence-corrected chi connectivity index (χ3v) is 5.49. The van der Waals surface area contributed by atoms with Gasteiger partial charge in [0.15, 0.2) is 0 Å². The van der Waals surface area contributed by atoms with Crippen LogP contribution >= 0.6 is 11.8 Å². The highest BCUT2D eigenvalue weighted by molar-refractivity contribution is 8.13. The lowest BCUT2D eigenvalue weighted by Crippen LogP contribution is -2.42. The number of hydrogen-bond donors (Lipinski definition) is 0. The molecular formula is C15H25N3O3S. The summed E-state index contributed by atoms with van der Waals surface area (Å²) in [5.74, 6) is 0.899. The number of thioether (sulfide) groups is 1. The van der Waals surface area contributed by atoms with Gasteiger partial charge in [0.25, 0.3) is 5.24 Å². The van der Waals surface area contributed by atoms with Gasteiger partial charge in [-0.2, -0.15) is 0 Å². The van der Waals surface area contributed by atoms with Crippen LogP contribution in [0.15, 0.2) is 0 Å². The zero-order valence-corrected chi connectivity index (χ0v) is 13.9. The number of carbonyl (C=O) groups excluding carboxylic acids is 2. The average molecular weight is 327 g/mol. The molecule has 0 saturated carbocycles. The van der Waals surface area contributed by atoms with Crippen molar-refractivity contribution >= 4 is 22.9 Å². The molecule has 0 aliphatic carbocycles. The largest absolute Gasteiger partial charge is 0.377 e. The Labute approximate surface area is 136 Å². The number of carbonyl (C=O) groups is 2. The van der Waals surface area contributed by atoms with Crippen molar-refractivity contribution < 1.29 is 14.3 Å². The minimum Gasteiger partial charge on any atom is -0.377 e. The first-order valence-electron chi connectivity index (χ1n) is 8.26. The highest BCUT2D eigenvalue weighted by atomic mass is 32.2. The van der Waals surface area contributed by atoms with Crippen LogP contribution in [0.1, 0.15) is 19.3 Å². The van der Waals surface area contributed by atoms with Gasteiger partial charge in [-0.05, 0) is 25.8 Å². The van der Waals surface area contributed by atoms with Crippen molar-refractivity contribution in [2.45, 2.75) is 25.4 Å². The molecule has 124 valence electrons. The second kappa shape index (κ2) is 7.66. The summed E-state index contributed by atoms with van der Waals surface area (Å²) < 4.78 is 5.70. The number of amides is 2. The molecule has 0 bridgehead atoms. The van der Waals surface area contributed by atoms with Gasteiger partial charge in [0.2, 0.25) is 5.91 Å². The Balaban J connectivity index is 1.44. The average Bonchev–Trinajstić information content (AvgIpc) is 3.08. The van der Waals surface area contributed by atoms with Crippen LogP contribution in [0.5, 0.6) is 0 Å². The molecule has 0 N–H and O–H groups in total. The third-order valence-electron chi connectivity index (χ3n) is 4.60. The number of hydrogen-bond acceptors (Lipinski definition) is 5. The Bertz CT molecular complexity index is 415. The predicted octanol–water partition coefficient (Wildman–Crippen LogP) is 0.869. The van der Waals surface area contributed by atoms with Gasteiger partial charge in [0.1, 0.15) is 6.54 Å². The van der Waals surface area contributed by atoms with Crippen molar-refractivity contribution in [1.82, 2.24) is 14.7 Å². The van der Waals surface area contributed by atoms with Crippen LogP contribution in [-0.2, 0) is 9.53 Å². The SMILES string of the molecule is O=C(CN1CCSC1=O)N1CCCN(C[C@@H]2CCCO2)CC1. The van der Waals surface area contributed by atoms with E-state index in [9.17, 15) is 9.59 Å². The van der Waals surface area contributed by atoms with Gasteiger partial charge in [-0.25, -0.2) is 0 Å². The number of ether oxygens (including phenoxy) is 1. The fraction of sp³-hybridized carbons (Fsp3) is 0.867. The molecule has 0 unspecified atom stereocenters. The van der Waals surface area contributed by atoms with Crippen molar-refractivity contribution in [3.8, 4) is 0 Å². The van der Waals surface area contributed by atoms with Gasteiger partial charge in [-0.3, -0.25) is 14.5 Å². The minimum absolute atomic E-state index is 0.0446. The molecule has 0 spiro atoms. The molecule has 3 aliphatic rings. The minimum atomic E-state index is 0.0446. The molecule has 6 nitrogen and oxygen atoms in total. The summed E-state index contributed by atoms with van der Waals surface area (Å²) in [7, 11) is 0. The molecule has 1 atom stereocenters. The van der Waals surface area contributed by atoms with Crippen molar-refractivity contribution in [1.29, 1.82) is 0 Å². The van der Waals surface area contributed by atoms with Crippen LogP contribution in [0.4, 0.5) is 4.79 Å². The lowest BCUT2D eigenvalue weighted by atomic mass is 10.2. The van der Waals surface area contributed by atoms with Crippen molar-refractivity contribution in [3.05, 3.63) is 0 Å². The van der Waals surface area contributed by atoms with Gasteiger partial charge in [0.05, 0.1) is 6.10 Å². The zero-order valence-electron chi connectivity index (χ0n) is 13.0. The lowest BCUT2D eigenvalue weighted by Gasteiger charge is -2.25. The van der Waals surface area contributed by atoms with Gasteiger partial charge < -0.3 is 14.5 Å². The summed E-state index contributed by atoms with van der Waals surface area (Å²) in [6, 6.07) is 0. The molecule has 3 heterocycles. The van der Waals surface area contributed by atoms with Crippen LogP contribution in [0, 0.1) is 0 Å². The molecule has 3 saturated heterocycles. The Hall–Kier alpha value is -0.790. The number of nitrogens with zero attached hydrogens (tertiary/aromatic N) is 3. The van der Waals surface area contributed by atoms with E-state index in [0.717, 1.165) is 57.9 Å². The number of rotatable bonds is 4. The summed E-state index contributed by atoms with van der Waals surface area (Å²) in [4.78, 5) is 30.0. The van der Waals surface area contributed by atoms with E-state index in [4.69, 9.17) is 4.74 Å². The van der Waals surface area contributed by atoms with E-state index in [1.54, 1.807) is 4.90 Å². The first-order chi connectivity index (χ1) is 10.7. The highest BCUT2D eigenvalue weighted by Gasteiger charge is 2.27. The van der Waals surface area contributed by atoms with Crippen LogP contribution in [0.2, 0.25) is 0 Å². The van der Waals surface area contributed by atoms with Gasteiger partial charge in [-0.15, -0.1) is 0 Å². The molecule has 22 heavy (non-hydrogen) atoms. The Morgan fingerprint density at radius 3 is 2.82 bits per heavy atom. The van der Waals surface area contributed by atoms with E-state index < -0.39 is 0 Å².